The van der Waals surface area contributed by atoms with Crippen LogP contribution < -0.4 is 0 Å². The fourth-order valence-electron chi connectivity index (χ4n) is 2.71. The van der Waals surface area contributed by atoms with Crippen molar-refractivity contribution in [2.75, 3.05) is 0 Å². The van der Waals surface area contributed by atoms with Crippen LogP contribution in [0.1, 0.15) is 45.8 Å². The lowest BCUT2D eigenvalue weighted by Gasteiger charge is -2.22. The minimum absolute atomic E-state index is 0.0166. The Morgan fingerprint density at radius 2 is 2.00 bits per heavy atom. The number of rotatable bonds is 7. The maximum atomic E-state index is 13.3. The van der Waals surface area contributed by atoms with Crippen LogP contribution in [0.5, 0.6) is 0 Å². The third-order valence-corrected chi connectivity index (χ3v) is 5.17. The maximum absolute atomic E-state index is 13.3. The van der Waals surface area contributed by atoms with Crippen molar-refractivity contribution in [3.8, 4) is 0 Å². The van der Waals surface area contributed by atoms with Gasteiger partial charge in [0.1, 0.15) is 5.82 Å². The van der Waals surface area contributed by atoms with Crippen LogP contribution in [0.2, 0.25) is 0 Å². The molecule has 3 rings (SSSR count). The zero-order valence-electron chi connectivity index (χ0n) is 13.6. The Morgan fingerprint density at radius 3 is 2.62 bits per heavy atom. The standard InChI is InChI=1S/C19H20FNO2S/c1-13-5-9-18(24-13)17(22)8-10-19(23)21(16-6-7-16)12-14-3-2-4-15(20)11-14/h2-5,9,11,16H,6-8,10,12H2,1H3. The first-order chi connectivity index (χ1) is 11.5. The van der Waals surface area contributed by atoms with Crippen LogP contribution in [-0.2, 0) is 11.3 Å². The molecule has 0 saturated heterocycles. The fourth-order valence-corrected chi connectivity index (χ4v) is 3.55. The summed E-state index contributed by atoms with van der Waals surface area (Å²) in [5, 5.41) is 0. The average molecular weight is 345 g/mol. The first kappa shape index (κ1) is 16.8. The number of halogens is 1. The number of Topliss-reactive ketones (excluding diaryl/α,β-unsaturated/α-hetero) is 1. The molecule has 5 heteroatoms. The second-order valence-corrected chi connectivity index (χ2v) is 7.50. The number of carbonyl (C=O) groups excluding carboxylic acids is 2. The summed E-state index contributed by atoms with van der Waals surface area (Å²) in [5.41, 5.74) is 0.787. The SMILES string of the molecule is Cc1ccc(C(=O)CCC(=O)N(Cc2cccc(F)c2)C2CC2)s1. The van der Waals surface area contributed by atoms with E-state index in [1.807, 2.05) is 25.1 Å². The van der Waals surface area contributed by atoms with Crippen molar-refractivity contribution in [1.82, 2.24) is 4.90 Å². The number of amides is 1. The van der Waals surface area contributed by atoms with Gasteiger partial charge >= 0.3 is 0 Å². The highest BCUT2D eigenvalue weighted by molar-refractivity contribution is 7.14. The maximum Gasteiger partial charge on any atom is 0.223 e. The molecule has 24 heavy (non-hydrogen) atoms. The lowest BCUT2D eigenvalue weighted by molar-refractivity contribution is -0.132. The molecule has 1 aromatic heterocycles. The number of ketones is 1. The van der Waals surface area contributed by atoms with Gasteiger partial charge in [0.15, 0.2) is 5.78 Å². The summed E-state index contributed by atoms with van der Waals surface area (Å²) in [5.74, 6) is -0.301. The monoisotopic (exact) mass is 345 g/mol. The molecule has 1 fully saturated rings. The average Bonchev–Trinajstić information content (AvgIpc) is 3.30. The number of benzene rings is 1. The molecular formula is C19H20FNO2S. The van der Waals surface area contributed by atoms with Gasteiger partial charge in [-0.25, -0.2) is 4.39 Å². The van der Waals surface area contributed by atoms with Gasteiger partial charge in [-0.05, 0) is 49.6 Å². The van der Waals surface area contributed by atoms with Crippen LogP contribution in [0, 0.1) is 12.7 Å². The van der Waals surface area contributed by atoms with Crippen LogP contribution in [-0.4, -0.2) is 22.6 Å². The van der Waals surface area contributed by atoms with Crippen molar-refractivity contribution >= 4 is 23.0 Å². The van der Waals surface area contributed by atoms with Crippen LogP contribution in [0.4, 0.5) is 4.39 Å². The highest BCUT2D eigenvalue weighted by atomic mass is 32.1. The first-order valence-electron chi connectivity index (χ1n) is 8.16. The Labute approximate surface area is 145 Å². The number of nitrogens with zero attached hydrogens (tertiary/aromatic N) is 1. The lowest BCUT2D eigenvalue weighted by atomic mass is 10.1. The van der Waals surface area contributed by atoms with E-state index in [2.05, 4.69) is 0 Å². The number of aryl methyl sites for hydroxylation is 1. The molecular weight excluding hydrogens is 325 g/mol. The number of hydrogen-bond acceptors (Lipinski definition) is 3. The molecule has 0 radical (unpaired) electrons. The Hall–Kier alpha value is -2.01. The number of hydrogen-bond donors (Lipinski definition) is 0. The summed E-state index contributed by atoms with van der Waals surface area (Å²) in [6.07, 6.45) is 2.41. The quantitative estimate of drug-likeness (QED) is 0.700. The molecule has 1 heterocycles. The molecule has 0 unspecified atom stereocenters. The Morgan fingerprint density at radius 1 is 1.21 bits per heavy atom. The van der Waals surface area contributed by atoms with E-state index >= 15 is 0 Å². The Bertz CT molecular complexity index is 751. The fraction of sp³-hybridized carbons (Fsp3) is 0.368. The van der Waals surface area contributed by atoms with Gasteiger partial charge in [-0.1, -0.05) is 12.1 Å². The van der Waals surface area contributed by atoms with E-state index < -0.39 is 0 Å². The van der Waals surface area contributed by atoms with Crippen LogP contribution >= 0.6 is 11.3 Å². The van der Waals surface area contributed by atoms with Gasteiger partial charge in [-0.2, -0.15) is 0 Å². The molecule has 1 amide bonds. The Kier molecular flexibility index (Phi) is 5.09. The van der Waals surface area contributed by atoms with Crippen LogP contribution in [0.15, 0.2) is 36.4 Å². The van der Waals surface area contributed by atoms with Gasteiger partial charge < -0.3 is 4.90 Å². The van der Waals surface area contributed by atoms with Gasteiger partial charge in [-0.3, -0.25) is 9.59 Å². The Balaban J connectivity index is 1.59. The molecule has 1 aliphatic rings. The van der Waals surface area contributed by atoms with E-state index in [9.17, 15) is 14.0 Å². The number of carbonyl (C=O) groups is 2. The third-order valence-electron chi connectivity index (χ3n) is 4.13. The molecule has 2 aromatic rings. The van der Waals surface area contributed by atoms with Crippen LogP contribution in [0.3, 0.4) is 0 Å². The topological polar surface area (TPSA) is 37.4 Å². The summed E-state index contributed by atoms with van der Waals surface area (Å²) in [6, 6.07) is 10.3. The largest absolute Gasteiger partial charge is 0.335 e. The third kappa shape index (κ3) is 4.29. The predicted molar refractivity (Wildman–Crippen MR) is 92.6 cm³/mol. The zero-order valence-corrected chi connectivity index (χ0v) is 14.4. The summed E-state index contributed by atoms with van der Waals surface area (Å²) >= 11 is 1.46. The van der Waals surface area contributed by atoms with Crippen molar-refractivity contribution in [2.24, 2.45) is 0 Å². The van der Waals surface area contributed by atoms with Crippen molar-refractivity contribution in [3.63, 3.8) is 0 Å². The van der Waals surface area contributed by atoms with Gasteiger partial charge in [-0.15, -0.1) is 11.3 Å². The molecule has 1 aliphatic carbocycles. The van der Waals surface area contributed by atoms with Gasteiger partial charge in [0.2, 0.25) is 5.91 Å². The van der Waals surface area contributed by atoms with Gasteiger partial charge in [0.25, 0.3) is 0 Å². The van der Waals surface area contributed by atoms with Crippen molar-refractivity contribution in [1.29, 1.82) is 0 Å². The van der Waals surface area contributed by atoms with E-state index in [4.69, 9.17) is 0 Å². The molecule has 0 spiro atoms. The molecule has 0 N–H and O–H groups in total. The summed E-state index contributed by atoms with van der Waals surface area (Å²) in [6.45, 7) is 2.37. The number of thiophene rings is 1. The molecule has 1 aromatic carbocycles. The van der Waals surface area contributed by atoms with E-state index in [-0.39, 0.29) is 36.4 Å². The minimum atomic E-state index is -0.293. The molecule has 126 valence electrons. The van der Waals surface area contributed by atoms with E-state index in [0.717, 1.165) is 23.3 Å². The highest BCUT2D eigenvalue weighted by Crippen LogP contribution is 2.29. The lowest BCUT2D eigenvalue weighted by Crippen LogP contribution is -2.32. The normalized spacial score (nSPS) is 13.8. The predicted octanol–water partition coefficient (Wildman–Crippen LogP) is 4.35. The molecule has 3 nitrogen and oxygen atoms in total. The smallest absolute Gasteiger partial charge is 0.223 e. The zero-order chi connectivity index (χ0) is 17.1. The molecule has 0 atom stereocenters. The van der Waals surface area contributed by atoms with E-state index in [0.29, 0.717) is 11.4 Å². The second-order valence-electron chi connectivity index (χ2n) is 6.22. The molecule has 0 bridgehead atoms. The van der Waals surface area contributed by atoms with Gasteiger partial charge in [0.05, 0.1) is 4.88 Å². The molecule has 1 saturated carbocycles. The summed E-state index contributed by atoms with van der Waals surface area (Å²) in [4.78, 5) is 28.3. The highest BCUT2D eigenvalue weighted by Gasteiger charge is 2.32. The summed E-state index contributed by atoms with van der Waals surface area (Å²) in [7, 11) is 0. The van der Waals surface area contributed by atoms with Crippen LogP contribution in [0.25, 0.3) is 0 Å². The first-order valence-corrected chi connectivity index (χ1v) is 8.98. The van der Waals surface area contributed by atoms with Crippen molar-refractivity contribution < 1.29 is 14.0 Å². The molecule has 0 aliphatic heterocycles. The van der Waals surface area contributed by atoms with Crippen molar-refractivity contribution in [2.45, 2.75) is 45.2 Å². The minimum Gasteiger partial charge on any atom is -0.335 e. The second kappa shape index (κ2) is 7.26. The van der Waals surface area contributed by atoms with E-state index in [1.54, 1.807) is 11.0 Å². The van der Waals surface area contributed by atoms with E-state index in [1.165, 1.54) is 23.5 Å². The summed E-state index contributed by atoms with van der Waals surface area (Å²) < 4.78 is 13.3. The van der Waals surface area contributed by atoms with Crippen molar-refractivity contribution in [3.05, 3.63) is 57.5 Å². The van der Waals surface area contributed by atoms with Gasteiger partial charge in [0, 0.05) is 30.3 Å².